The van der Waals surface area contributed by atoms with Gasteiger partial charge in [0.2, 0.25) is 0 Å². The number of likely N-dealkylation sites (tertiary alicyclic amines) is 1. The molecule has 0 bridgehead atoms. The Kier molecular flexibility index (Phi) is 8.06. The van der Waals surface area contributed by atoms with E-state index in [0.717, 1.165) is 24.8 Å². The Balaban J connectivity index is 1.71. The van der Waals surface area contributed by atoms with Crippen molar-refractivity contribution in [2.24, 2.45) is 10.9 Å². The molecule has 1 aliphatic rings. The van der Waals surface area contributed by atoms with Gasteiger partial charge in [0.15, 0.2) is 5.96 Å². The Labute approximate surface area is 153 Å². The molecule has 1 aliphatic heterocycles. The standard InChI is InChI=1S/C20H34N4O/c1-17(2)24-12-8-9-18(16-24)15-22-20(21-3)23(4)13-14-25-19-10-6-5-7-11-19/h5-7,10-11,17-18H,8-9,12-16H2,1-4H3,(H,21,22). The van der Waals surface area contributed by atoms with Gasteiger partial charge in [0.1, 0.15) is 12.4 Å². The van der Waals surface area contributed by atoms with Crippen molar-refractivity contribution in [1.29, 1.82) is 0 Å². The first kappa shape index (κ1) is 19.6. The van der Waals surface area contributed by atoms with Crippen LogP contribution in [0.25, 0.3) is 0 Å². The van der Waals surface area contributed by atoms with Crippen molar-refractivity contribution in [2.45, 2.75) is 32.7 Å². The van der Waals surface area contributed by atoms with E-state index in [1.165, 1.54) is 25.9 Å². The number of nitrogens with one attached hydrogen (secondary N) is 1. The third-order valence-electron chi connectivity index (χ3n) is 4.84. The van der Waals surface area contributed by atoms with E-state index in [1.54, 1.807) is 0 Å². The number of rotatable bonds is 7. The average molecular weight is 347 g/mol. The van der Waals surface area contributed by atoms with Crippen LogP contribution in [0, 0.1) is 5.92 Å². The molecule has 1 fully saturated rings. The highest BCUT2D eigenvalue weighted by atomic mass is 16.5. The summed E-state index contributed by atoms with van der Waals surface area (Å²) in [6.07, 6.45) is 2.60. The van der Waals surface area contributed by atoms with Crippen LogP contribution in [-0.2, 0) is 0 Å². The molecule has 1 heterocycles. The summed E-state index contributed by atoms with van der Waals surface area (Å²) in [5.41, 5.74) is 0. The minimum atomic E-state index is 0.639. The van der Waals surface area contributed by atoms with Gasteiger partial charge in [-0.2, -0.15) is 0 Å². The van der Waals surface area contributed by atoms with Crippen LogP contribution >= 0.6 is 0 Å². The average Bonchev–Trinajstić information content (AvgIpc) is 2.63. The maximum absolute atomic E-state index is 5.78. The van der Waals surface area contributed by atoms with E-state index in [-0.39, 0.29) is 0 Å². The van der Waals surface area contributed by atoms with Gasteiger partial charge in [-0.1, -0.05) is 18.2 Å². The first-order valence-electron chi connectivity index (χ1n) is 9.44. The largest absolute Gasteiger partial charge is 0.492 e. The summed E-state index contributed by atoms with van der Waals surface area (Å²) in [4.78, 5) is 9.12. The fourth-order valence-electron chi connectivity index (χ4n) is 3.28. The summed E-state index contributed by atoms with van der Waals surface area (Å²) in [7, 11) is 3.91. The lowest BCUT2D eigenvalue weighted by Gasteiger charge is -2.36. The predicted molar refractivity (Wildman–Crippen MR) is 105 cm³/mol. The molecule has 1 aromatic carbocycles. The summed E-state index contributed by atoms with van der Waals surface area (Å²) < 4.78 is 5.78. The molecule has 0 amide bonds. The van der Waals surface area contributed by atoms with E-state index in [9.17, 15) is 0 Å². The number of benzene rings is 1. The van der Waals surface area contributed by atoms with Crippen LogP contribution in [0.5, 0.6) is 5.75 Å². The second kappa shape index (κ2) is 10.3. The zero-order valence-corrected chi connectivity index (χ0v) is 16.2. The lowest BCUT2D eigenvalue weighted by Crippen LogP contribution is -2.47. The Morgan fingerprint density at radius 3 is 2.80 bits per heavy atom. The highest BCUT2D eigenvalue weighted by Crippen LogP contribution is 2.17. The number of hydrogen-bond acceptors (Lipinski definition) is 3. The minimum Gasteiger partial charge on any atom is -0.492 e. The number of guanidine groups is 1. The minimum absolute atomic E-state index is 0.639. The van der Waals surface area contributed by atoms with Gasteiger partial charge in [-0.05, 0) is 51.3 Å². The molecular weight excluding hydrogens is 312 g/mol. The normalized spacial score (nSPS) is 19.1. The van der Waals surface area contributed by atoms with E-state index >= 15 is 0 Å². The number of aliphatic imine (C=N–C) groups is 1. The van der Waals surface area contributed by atoms with Gasteiger partial charge in [0, 0.05) is 33.2 Å². The molecule has 5 heteroatoms. The summed E-state index contributed by atoms with van der Waals surface area (Å²) in [5.74, 6) is 2.55. The molecule has 1 saturated heterocycles. The van der Waals surface area contributed by atoms with Gasteiger partial charge in [-0.15, -0.1) is 0 Å². The number of para-hydroxylation sites is 1. The lowest BCUT2D eigenvalue weighted by molar-refractivity contribution is 0.140. The molecule has 0 aliphatic carbocycles. The third kappa shape index (κ3) is 6.58. The molecule has 0 radical (unpaired) electrons. The molecule has 2 rings (SSSR count). The molecule has 0 aromatic heterocycles. The van der Waals surface area contributed by atoms with Gasteiger partial charge >= 0.3 is 0 Å². The highest BCUT2D eigenvalue weighted by molar-refractivity contribution is 5.79. The summed E-state index contributed by atoms with van der Waals surface area (Å²) in [6.45, 7) is 9.43. The SMILES string of the molecule is CN=C(NCC1CCCN(C(C)C)C1)N(C)CCOc1ccccc1. The Morgan fingerprint density at radius 1 is 1.36 bits per heavy atom. The van der Waals surface area contributed by atoms with E-state index in [4.69, 9.17) is 4.74 Å². The molecule has 25 heavy (non-hydrogen) atoms. The molecule has 140 valence electrons. The van der Waals surface area contributed by atoms with Crippen molar-refractivity contribution in [1.82, 2.24) is 15.1 Å². The van der Waals surface area contributed by atoms with Gasteiger partial charge in [-0.3, -0.25) is 4.99 Å². The van der Waals surface area contributed by atoms with Crippen LogP contribution in [0.4, 0.5) is 0 Å². The van der Waals surface area contributed by atoms with Gasteiger partial charge < -0.3 is 19.9 Å². The molecule has 1 aromatic rings. The smallest absolute Gasteiger partial charge is 0.193 e. The fraction of sp³-hybridized carbons (Fsp3) is 0.650. The molecule has 5 nitrogen and oxygen atoms in total. The van der Waals surface area contributed by atoms with Crippen molar-refractivity contribution in [3.05, 3.63) is 30.3 Å². The summed E-state index contributed by atoms with van der Waals surface area (Å²) >= 11 is 0. The second-order valence-electron chi connectivity index (χ2n) is 7.11. The quantitative estimate of drug-likeness (QED) is 0.609. The molecular formula is C20H34N4O. The monoisotopic (exact) mass is 346 g/mol. The zero-order valence-electron chi connectivity index (χ0n) is 16.2. The molecule has 1 N–H and O–H groups in total. The summed E-state index contributed by atoms with van der Waals surface area (Å²) in [5, 5.41) is 3.54. The van der Waals surface area contributed by atoms with Crippen LogP contribution < -0.4 is 10.1 Å². The molecule has 1 unspecified atom stereocenters. The van der Waals surface area contributed by atoms with E-state index in [0.29, 0.717) is 18.6 Å². The first-order chi connectivity index (χ1) is 12.1. The van der Waals surface area contributed by atoms with Crippen molar-refractivity contribution in [3.8, 4) is 5.75 Å². The third-order valence-corrected chi connectivity index (χ3v) is 4.84. The number of ether oxygens (including phenoxy) is 1. The number of piperidine rings is 1. The first-order valence-corrected chi connectivity index (χ1v) is 9.44. The fourth-order valence-corrected chi connectivity index (χ4v) is 3.28. The topological polar surface area (TPSA) is 40.1 Å². The second-order valence-corrected chi connectivity index (χ2v) is 7.11. The van der Waals surface area contributed by atoms with Crippen molar-refractivity contribution >= 4 is 5.96 Å². The van der Waals surface area contributed by atoms with Gasteiger partial charge in [0.05, 0.1) is 6.54 Å². The van der Waals surface area contributed by atoms with Gasteiger partial charge in [0.25, 0.3) is 0 Å². The number of nitrogens with zero attached hydrogens (tertiary/aromatic N) is 3. The number of likely N-dealkylation sites (N-methyl/N-ethyl adjacent to an activating group) is 1. The van der Waals surface area contributed by atoms with Crippen LogP contribution in [0.1, 0.15) is 26.7 Å². The molecule has 0 spiro atoms. The van der Waals surface area contributed by atoms with E-state index in [2.05, 4.69) is 41.0 Å². The van der Waals surface area contributed by atoms with Crippen LogP contribution in [0.3, 0.4) is 0 Å². The maximum atomic E-state index is 5.78. The van der Waals surface area contributed by atoms with E-state index < -0.39 is 0 Å². The predicted octanol–water partition coefficient (Wildman–Crippen LogP) is 2.69. The van der Waals surface area contributed by atoms with Crippen molar-refractivity contribution in [2.75, 3.05) is 46.9 Å². The van der Waals surface area contributed by atoms with Crippen LogP contribution in [0.15, 0.2) is 35.3 Å². The summed E-state index contributed by atoms with van der Waals surface area (Å²) in [6, 6.07) is 10.6. The molecule has 1 atom stereocenters. The lowest BCUT2D eigenvalue weighted by atomic mass is 9.97. The highest BCUT2D eigenvalue weighted by Gasteiger charge is 2.22. The van der Waals surface area contributed by atoms with Crippen LogP contribution in [0.2, 0.25) is 0 Å². The zero-order chi connectivity index (χ0) is 18.1. The Hall–Kier alpha value is -1.75. The van der Waals surface area contributed by atoms with Gasteiger partial charge in [-0.25, -0.2) is 0 Å². The number of hydrogen-bond donors (Lipinski definition) is 1. The van der Waals surface area contributed by atoms with Crippen molar-refractivity contribution in [3.63, 3.8) is 0 Å². The van der Waals surface area contributed by atoms with Crippen molar-refractivity contribution < 1.29 is 4.74 Å². The Bertz CT molecular complexity index is 518. The van der Waals surface area contributed by atoms with E-state index in [1.807, 2.05) is 37.4 Å². The Morgan fingerprint density at radius 2 is 2.12 bits per heavy atom. The molecule has 0 saturated carbocycles. The van der Waals surface area contributed by atoms with Crippen LogP contribution in [-0.4, -0.2) is 68.7 Å². The maximum Gasteiger partial charge on any atom is 0.193 e.